The fourth-order valence-corrected chi connectivity index (χ4v) is 0.803. The second-order valence-corrected chi connectivity index (χ2v) is 3.94. The molecule has 1 unspecified atom stereocenters. The Balaban J connectivity index is 3.90. The summed E-state index contributed by atoms with van der Waals surface area (Å²) in [4.78, 5) is 0. The number of primary sulfonamides is 1. The van der Waals surface area contributed by atoms with E-state index >= 15 is 0 Å². The van der Waals surface area contributed by atoms with Crippen molar-refractivity contribution in [3.8, 4) is 0 Å². The van der Waals surface area contributed by atoms with Crippen LogP contribution in [-0.4, -0.2) is 27.3 Å². The quantitative estimate of drug-likeness (QED) is 0.538. The molecule has 0 bridgehead atoms. The van der Waals surface area contributed by atoms with Crippen molar-refractivity contribution in [1.82, 2.24) is 5.32 Å². The van der Waals surface area contributed by atoms with Gasteiger partial charge in [-0.25, -0.2) is 13.6 Å². The summed E-state index contributed by atoms with van der Waals surface area (Å²) in [6.07, 6.45) is 0. The summed E-state index contributed by atoms with van der Waals surface area (Å²) in [5.41, 5.74) is 0. The lowest BCUT2D eigenvalue weighted by atomic mass is 10.5. The Morgan fingerprint density at radius 2 is 2.11 bits per heavy atom. The maximum absolute atomic E-state index is 10.5. The molecule has 0 radical (unpaired) electrons. The van der Waals surface area contributed by atoms with Crippen molar-refractivity contribution >= 4 is 10.0 Å². The zero-order chi connectivity index (χ0) is 7.49. The molecule has 0 aromatic heterocycles. The van der Waals surface area contributed by atoms with Crippen LogP contribution < -0.4 is 10.5 Å². The first kappa shape index (κ1) is 8.87. The first-order chi connectivity index (χ1) is 3.98. The van der Waals surface area contributed by atoms with Crippen molar-refractivity contribution in [2.24, 2.45) is 5.14 Å². The highest BCUT2D eigenvalue weighted by atomic mass is 32.2. The second-order valence-electron chi connectivity index (χ2n) is 1.96. The van der Waals surface area contributed by atoms with Crippen LogP contribution in [0.5, 0.6) is 0 Å². The average molecular weight is 152 g/mol. The third kappa shape index (κ3) is 3.45. The predicted molar refractivity (Wildman–Crippen MR) is 36.5 cm³/mol. The van der Waals surface area contributed by atoms with Crippen molar-refractivity contribution in [2.75, 3.05) is 13.6 Å². The molecule has 5 heteroatoms. The molecule has 4 nitrogen and oxygen atoms in total. The molecule has 0 saturated carbocycles. The Bertz CT molecular complexity index is 163. The Kier molecular flexibility index (Phi) is 3.10. The van der Waals surface area contributed by atoms with Crippen LogP contribution >= 0.6 is 0 Å². The third-order valence-corrected chi connectivity index (χ3v) is 2.34. The molecule has 0 aliphatic heterocycles. The van der Waals surface area contributed by atoms with Crippen molar-refractivity contribution < 1.29 is 8.42 Å². The molecule has 3 N–H and O–H groups in total. The van der Waals surface area contributed by atoms with E-state index in [-0.39, 0.29) is 0 Å². The largest absolute Gasteiger partial charge is 0.318 e. The Morgan fingerprint density at radius 1 is 1.67 bits per heavy atom. The Labute approximate surface area is 55.5 Å². The second kappa shape index (κ2) is 3.14. The minimum absolute atomic E-state index is 0.402. The summed E-state index contributed by atoms with van der Waals surface area (Å²) in [5, 5.41) is 7.01. The molecule has 0 amide bonds. The van der Waals surface area contributed by atoms with Crippen LogP contribution in [0.4, 0.5) is 0 Å². The Hall–Kier alpha value is -0.130. The number of nitrogens with one attached hydrogen (secondary N) is 1. The van der Waals surface area contributed by atoms with Gasteiger partial charge in [-0.3, -0.25) is 0 Å². The zero-order valence-electron chi connectivity index (χ0n) is 5.59. The van der Waals surface area contributed by atoms with Crippen LogP contribution in [0.25, 0.3) is 0 Å². The lowest BCUT2D eigenvalue weighted by Crippen LogP contribution is -2.33. The van der Waals surface area contributed by atoms with Gasteiger partial charge in [-0.15, -0.1) is 0 Å². The van der Waals surface area contributed by atoms with Gasteiger partial charge in [0.25, 0.3) is 0 Å². The first-order valence-corrected chi connectivity index (χ1v) is 4.25. The van der Waals surface area contributed by atoms with Crippen molar-refractivity contribution in [3.63, 3.8) is 0 Å². The van der Waals surface area contributed by atoms with E-state index in [0.717, 1.165) is 0 Å². The lowest BCUT2D eigenvalue weighted by Gasteiger charge is -2.05. The van der Waals surface area contributed by atoms with Crippen LogP contribution in [0.3, 0.4) is 0 Å². The van der Waals surface area contributed by atoms with E-state index in [0.29, 0.717) is 6.54 Å². The van der Waals surface area contributed by atoms with Crippen LogP contribution in [0, 0.1) is 0 Å². The maximum Gasteiger partial charge on any atom is 0.212 e. The van der Waals surface area contributed by atoms with Gasteiger partial charge in [0.05, 0.1) is 5.25 Å². The van der Waals surface area contributed by atoms with Gasteiger partial charge in [-0.2, -0.15) is 0 Å². The van der Waals surface area contributed by atoms with E-state index in [4.69, 9.17) is 5.14 Å². The third-order valence-electron chi connectivity index (χ3n) is 1.05. The lowest BCUT2D eigenvalue weighted by molar-refractivity contribution is 0.580. The van der Waals surface area contributed by atoms with Gasteiger partial charge >= 0.3 is 0 Å². The Morgan fingerprint density at radius 3 is 2.22 bits per heavy atom. The number of hydrogen-bond acceptors (Lipinski definition) is 3. The molecular weight excluding hydrogens is 140 g/mol. The summed E-state index contributed by atoms with van der Waals surface area (Å²) in [5.74, 6) is 0. The van der Waals surface area contributed by atoms with E-state index in [1.807, 2.05) is 0 Å². The maximum atomic E-state index is 10.5. The molecule has 0 fully saturated rings. The number of rotatable bonds is 3. The molecule has 0 heterocycles. The molecule has 0 spiro atoms. The topological polar surface area (TPSA) is 72.2 Å². The van der Waals surface area contributed by atoms with E-state index in [2.05, 4.69) is 5.32 Å². The highest BCUT2D eigenvalue weighted by Gasteiger charge is 2.12. The normalized spacial score (nSPS) is 15.4. The highest BCUT2D eigenvalue weighted by Crippen LogP contribution is 1.89. The van der Waals surface area contributed by atoms with Gasteiger partial charge in [0.1, 0.15) is 0 Å². The van der Waals surface area contributed by atoms with Gasteiger partial charge in [0.2, 0.25) is 10.0 Å². The molecule has 56 valence electrons. The van der Waals surface area contributed by atoms with E-state index < -0.39 is 15.3 Å². The monoisotopic (exact) mass is 152 g/mol. The molecule has 0 aliphatic carbocycles. The predicted octanol–water partition coefficient (Wildman–Crippen LogP) is -1.12. The first-order valence-electron chi connectivity index (χ1n) is 2.64. The molecule has 0 aromatic carbocycles. The van der Waals surface area contributed by atoms with Gasteiger partial charge in [-0.1, -0.05) is 0 Å². The van der Waals surface area contributed by atoms with Crippen LogP contribution in [0.15, 0.2) is 0 Å². The number of hydrogen-bond donors (Lipinski definition) is 2. The number of nitrogens with two attached hydrogens (primary N) is 1. The zero-order valence-corrected chi connectivity index (χ0v) is 6.40. The summed E-state index contributed by atoms with van der Waals surface area (Å²) >= 11 is 0. The fourth-order valence-electron chi connectivity index (χ4n) is 0.404. The molecule has 0 rings (SSSR count). The average Bonchev–Trinajstić information content (AvgIpc) is 1.64. The number of sulfonamides is 1. The molecular formula is C4H12N2O2S. The fraction of sp³-hybridized carbons (Fsp3) is 1.00. The van der Waals surface area contributed by atoms with Crippen molar-refractivity contribution in [1.29, 1.82) is 0 Å². The molecule has 0 saturated heterocycles. The minimum atomic E-state index is -3.33. The van der Waals surface area contributed by atoms with Crippen LogP contribution in [0.2, 0.25) is 0 Å². The van der Waals surface area contributed by atoms with Gasteiger partial charge in [0, 0.05) is 6.54 Å². The summed E-state index contributed by atoms with van der Waals surface area (Å²) in [6.45, 7) is 1.96. The molecule has 9 heavy (non-hydrogen) atoms. The smallest absolute Gasteiger partial charge is 0.212 e. The molecule has 0 aromatic rings. The summed E-state index contributed by atoms with van der Waals surface area (Å²) in [7, 11) is -1.65. The van der Waals surface area contributed by atoms with Gasteiger partial charge in [0.15, 0.2) is 0 Å². The molecule has 0 aliphatic rings. The van der Waals surface area contributed by atoms with Gasteiger partial charge in [-0.05, 0) is 14.0 Å². The summed E-state index contributed by atoms with van der Waals surface area (Å²) < 4.78 is 20.9. The van der Waals surface area contributed by atoms with E-state index in [1.165, 1.54) is 0 Å². The van der Waals surface area contributed by atoms with Gasteiger partial charge < -0.3 is 5.32 Å². The van der Waals surface area contributed by atoms with Crippen LogP contribution in [0.1, 0.15) is 6.92 Å². The molecule has 1 atom stereocenters. The van der Waals surface area contributed by atoms with Crippen LogP contribution in [-0.2, 0) is 10.0 Å². The van der Waals surface area contributed by atoms with E-state index in [1.54, 1.807) is 14.0 Å². The summed E-state index contributed by atoms with van der Waals surface area (Å²) in [6, 6.07) is 0. The van der Waals surface area contributed by atoms with Crippen molar-refractivity contribution in [2.45, 2.75) is 12.2 Å². The highest BCUT2D eigenvalue weighted by molar-refractivity contribution is 7.89. The van der Waals surface area contributed by atoms with Crippen molar-refractivity contribution in [3.05, 3.63) is 0 Å². The van der Waals surface area contributed by atoms with E-state index in [9.17, 15) is 8.42 Å². The minimum Gasteiger partial charge on any atom is -0.318 e. The SMILES string of the molecule is CNCC(C)S(N)(=O)=O. The standard InChI is InChI=1S/C4H12N2O2S/c1-4(3-6-2)9(5,7)8/h4,6H,3H2,1-2H3,(H2,5,7,8).